The minimum Gasteiger partial charge on any atom is -0.384 e. The standard InChI is InChI=1S/C14H20N4O/c15-13-6-2-5-12(16-13)14(19)18-9-7-17(8-10-18)11-3-1-4-11/h2,5-6,11H,1,3-4,7-10H2,(H2,15,16). The molecule has 2 heterocycles. The van der Waals surface area contributed by atoms with E-state index in [0.717, 1.165) is 32.2 Å². The molecule has 0 atom stereocenters. The minimum atomic E-state index is 0.000518. The van der Waals surface area contributed by atoms with Crippen molar-refractivity contribution >= 4 is 11.7 Å². The monoisotopic (exact) mass is 260 g/mol. The van der Waals surface area contributed by atoms with Gasteiger partial charge in [-0.1, -0.05) is 12.5 Å². The van der Waals surface area contributed by atoms with E-state index in [4.69, 9.17) is 5.73 Å². The summed E-state index contributed by atoms with van der Waals surface area (Å²) in [7, 11) is 0. The summed E-state index contributed by atoms with van der Waals surface area (Å²) >= 11 is 0. The molecule has 102 valence electrons. The predicted octanol–water partition coefficient (Wildman–Crippen LogP) is 0.974. The molecule has 2 fully saturated rings. The Morgan fingerprint density at radius 2 is 1.95 bits per heavy atom. The van der Waals surface area contributed by atoms with Crippen LogP contribution < -0.4 is 5.73 Å². The molecule has 0 unspecified atom stereocenters. The number of rotatable bonds is 2. The SMILES string of the molecule is Nc1cccc(C(=O)N2CCN(C3CCC3)CC2)n1. The molecular weight excluding hydrogens is 240 g/mol. The molecule has 0 aromatic carbocycles. The molecule has 1 saturated carbocycles. The van der Waals surface area contributed by atoms with Crippen molar-refractivity contribution in [2.45, 2.75) is 25.3 Å². The highest BCUT2D eigenvalue weighted by Crippen LogP contribution is 2.25. The number of nitrogens with two attached hydrogens (primary N) is 1. The van der Waals surface area contributed by atoms with E-state index in [2.05, 4.69) is 9.88 Å². The summed E-state index contributed by atoms with van der Waals surface area (Å²) < 4.78 is 0. The van der Waals surface area contributed by atoms with Gasteiger partial charge in [0.25, 0.3) is 5.91 Å². The van der Waals surface area contributed by atoms with Crippen LogP contribution in [0.5, 0.6) is 0 Å². The third-order valence-electron chi connectivity index (χ3n) is 4.18. The van der Waals surface area contributed by atoms with Crippen molar-refractivity contribution in [2.75, 3.05) is 31.9 Å². The fourth-order valence-electron chi connectivity index (χ4n) is 2.77. The first kappa shape index (κ1) is 12.4. The Bertz CT molecular complexity index is 464. The molecule has 0 radical (unpaired) electrons. The van der Waals surface area contributed by atoms with Crippen LogP contribution in [0.3, 0.4) is 0 Å². The summed E-state index contributed by atoms with van der Waals surface area (Å²) in [4.78, 5) is 20.8. The molecular formula is C14H20N4O. The predicted molar refractivity (Wildman–Crippen MR) is 73.8 cm³/mol. The van der Waals surface area contributed by atoms with Gasteiger partial charge in [0.15, 0.2) is 0 Å². The molecule has 1 aromatic rings. The van der Waals surface area contributed by atoms with Crippen LogP contribution in [0.2, 0.25) is 0 Å². The van der Waals surface area contributed by atoms with Crippen molar-refractivity contribution < 1.29 is 4.79 Å². The molecule has 1 saturated heterocycles. The molecule has 1 aliphatic carbocycles. The number of carbonyl (C=O) groups excluding carboxylic acids is 1. The number of amides is 1. The number of hydrogen-bond donors (Lipinski definition) is 1. The Hall–Kier alpha value is -1.62. The zero-order chi connectivity index (χ0) is 13.2. The fourth-order valence-corrected chi connectivity index (χ4v) is 2.77. The second-order valence-electron chi connectivity index (χ2n) is 5.36. The highest BCUT2D eigenvalue weighted by molar-refractivity contribution is 5.92. The summed E-state index contributed by atoms with van der Waals surface area (Å²) in [5, 5.41) is 0. The third kappa shape index (κ3) is 2.56. The number of anilines is 1. The van der Waals surface area contributed by atoms with Gasteiger partial charge in [0, 0.05) is 32.2 Å². The first-order valence-corrected chi connectivity index (χ1v) is 7.00. The normalized spacial score (nSPS) is 21.2. The maximum atomic E-state index is 12.3. The van der Waals surface area contributed by atoms with Crippen LogP contribution in [0.4, 0.5) is 5.82 Å². The average molecular weight is 260 g/mol. The Kier molecular flexibility index (Phi) is 3.38. The Labute approximate surface area is 113 Å². The van der Waals surface area contributed by atoms with Crippen molar-refractivity contribution in [1.29, 1.82) is 0 Å². The number of piperazine rings is 1. The highest BCUT2D eigenvalue weighted by Gasteiger charge is 2.29. The number of aromatic nitrogens is 1. The molecule has 0 bridgehead atoms. The molecule has 5 heteroatoms. The van der Waals surface area contributed by atoms with Gasteiger partial charge in [-0.25, -0.2) is 4.98 Å². The van der Waals surface area contributed by atoms with E-state index < -0.39 is 0 Å². The van der Waals surface area contributed by atoms with Gasteiger partial charge in [-0.3, -0.25) is 9.69 Å². The second kappa shape index (κ2) is 5.17. The molecule has 2 aliphatic rings. The average Bonchev–Trinajstić information content (AvgIpc) is 2.37. The van der Waals surface area contributed by atoms with Crippen LogP contribution in [0, 0.1) is 0 Å². The van der Waals surface area contributed by atoms with Gasteiger partial charge in [0.1, 0.15) is 11.5 Å². The summed E-state index contributed by atoms with van der Waals surface area (Å²) in [5.74, 6) is 0.402. The lowest BCUT2D eigenvalue weighted by atomic mass is 9.91. The number of hydrogen-bond acceptors (Lipinski definition) is 4. The van der Waals surface area contributed by atoms with Crippen LogP contribution in [0.25, 0.3) is 0 Å². The molecule has 1 aliphatic heterocycles. The summed E-state index contributed by atoms with van der Waals surface area (Å²) in [5.41, 5.74) is 6.08. The number of nitrogens with zero attached hydrogens (tertiary/aromatic N) is 3. The molecule has 3 rings (SSSR count). The zero-order valence-corrected chi connectivity index (χ0v) is 11.1. The van der Waals surface area contributed by atoms with Crippen LogP contribution in [0.1, 0.15) is 29.8 Å². The van der Waals surface area contributed by atoms with Crippen molar-refractivity contribution in [3.05, 3.63) is 23.9 Å². The van der Waals surface area contributed by atoms with E-state index in [1.165, 1.54) is 19.3 Å². The van der Waals surface area contributed by atoms with Crippen LogP contribution in [-0.2, 0) is 0 Å². The lowest BCUT2D eigenvalue weighted by molar-refractivity contribution is 0.0451. The van der Waals surface area contributed by atoms with Gasteiger partial charge in [0.2, 0.25) is 0 Å². The van der Waals surface area contributed by atoms with Crippen molar-refractivity contribution in [3.8, 4) is 0 Å². The second-order valence-corrected chi connectivity index (χ2v) is 5.36. The van der Waals surface area contributed by atoms with E-state index in [-0.39, 0.29) is 5.91 Å². The lowest BCUT2D eigenvalue weighted by Gasteiger charge is -2.42. The number of pyridine rings is 1. The largest absolute Gasteiger partial charge is 0.384 e. The van der Waals surface area contributed by atoms with Crippen LogP contribution in [-0.4, -0.2) is 52.9 Å². The number of carbonyl (C=O) groups is 1. The van der Waals surface area contributed by atoms with Gasteiger partial charge in [-0.2, -0.15) is 0 Å². The minimum absolute atomic E-state index is 0.000518. The van der Waals surface area contributed by atoms with Crippen LogP contribution >= 0.6 is 0 Å². The van der Waals surface area contributed by atoms with Crippen molar-refractivity contribution in [2.24, 2.45) is 0 Å². The first-order chi connectivity index (χ1) is 9.24. The van der Waals surface area contributed by atoms with E-state index in [9.17, 15) is 4.79 Å². The maximum absolute atomic E-state index is 12.3. The highest BCUT2D eigenvalue weighted by atomic mass is 16.2. The van der Waals surface area contributed by atoms with Gasteiger partial charge in [0.05, 0.1) is 0 Å². The maximum Gasteiger partial charge on any atom is 0.272 e. The van der Waals surface area contributed by atoms with Gasteiger partial charge in [-0.15, -0.1) is 0 Å². The van der Waals surface area contributed by atoms with Gasteiger partial charge >= 0.3 is 0 Å². The summed E-state index contributed by atoms with van der Waals surface area (Å²) in [6.07, 6.45) is 4.01. The quantitative estimate of drug-likeness (QED) is 0.861. The first-order valence-electron chi connectivity index (χ1n) is 7.00. The van der Waals surface area contributed by atoms with Crippen molar-refractivity contribution in [1.82, 2.24) is 14.8 Å². The molecule has 1 amide bonds. The van der Waals surface area contributed by atoms with E-state index >= 15 is 0 Å². The molecule has 0 spiro atoms. The molecule has 19 heavy (non-hydrogen) atoms. The van der Waals surface area contributed by atoms with Crippen LogP contribution in [0.15, 0.2) is 18.2 Å². The lowest BCUT2D eigenvalue weighted by Crippen LogP contribution is -2.53. The Balaban J connectivity index is 1.60. The smallest absolute Gasteiger partial charge is 0.272 e. The molecule has 1 aromatic heterocycles. The summed E-state index contributed by atoms with van der Waals surface area (Å²) in [6.45, 7) is 3.56. The summed E-state index contributed by atoms with van der Waals surface area (Å²) in [6, 6.07) is 5.98. The van der Waals surface area contributed by atoms with E-state index in [0.29, 0.717) is 11.5 Å². The van der Waals surface area contributed by atoms with E-state index in [1.807, 2.05) is 4.90 Å². The zero-order valence-electron chi connectivity index (χ0n) is 11.1. The topological polar surface area (TPSA) is 62.5 Å². The fraction of sp³-hybridized carbons (Fsp3) is 0.571. The van der Waals surface area contributed by atoms with Gasteiger partial charge < -0.3 is 10.6 Å². The molecule has 2 N–H and O–H groups in total. The Morgan fingerprint density at radius 3 is 2.53 bits per heavy atom. The van der Waals surface area contributed by atoms with E-state index in [1.54, 1.807) is 18.2 Å². The molecule has 5 nitrogen and oxygen atoms in total. The van der Waals surface area contributed by atoms with Gasteiger partial charge in [-0.05, 0) is 25.0 Å². The van der Waals surface area contributed by atoms with Crippen molar-refractivity contribution in [3.63, 3.8) is 0 Å². The number of nitrogen functional groups attached to an aromatic ring is 1. The Morgan fingerprint density at radius 1 is 1.21 bits per heavy atom. The third-order valence-corrected chi connectivity index (χ3v) is 4.18.